The van der Waals surface area contributed by atoms with Gasteiger partial charge in [-0.1, -0.05) is 11.8 Å². The van der Waals surface area contributed by atoms with Gasteiger partial charge in [0, 0.05) is 5.75 Å². The largest absolute Gasteiger partial charge is 0.469 e. The third-order valence-corrected chi connectivity index (χ3v) is 4.63. The van der Waals surface area contributed by atoms with Crippen LogP contribution in [0.1, 0.15) is 19.3 Å². The molecule has 1 aromatic rings. The van der Waals surface area contributed by atoms with E-state index in [1.54, 1.807) is 0 Å². The summed E-state index contributed by atoms with van der Waals surface area (Å²) in [6.45, 7) is 0. The predicted molar refractivity (Wildman–Crippen MR) is 72.7 cm³/mol. The second kappa shape index (κ2) is 5.92. The number of carbonyl (C=O) groups excluding carboxylic acids is 1. The van der Waals surface area contributed by atoms with Gasteiger partial charge in [-0.15, -0.1) is 0 Å². The normalized spacial score (nSPS) is 15.7. The number of rotatable bonds is 6. The highest BCUT2D eigenvalue weighted by Crippen LogP contribution is 2.52. The van der Waals surface area contributed by atoms with Crippen molar-refractivity contribution in [2.75, 3.05) is 12.9 Å². The fourth-order valence-corrected chi connectivity index (χ4v) is 3.16. The van der Waals surface area contributed by atoms with Gasteiger partial charge in [0.1, 0.15) is 6.20 Å². The van der Waals surface area contributed by atoms with Gasteiger partial charge in [-0.2, -0.15) is 0 Å². The summed E-state index contributed by atoms with van der Waals surface area (Å²) >= 11 is 6.89. The van der Waals surface area contributed by atoms with E-state index in [0.717, 1.165) is 19.0 Å². The highest BCUT2D eigenvalue weighted by Gasteiger charge is 2.45. The molecule has 1 saturated carbocycles. The minimum atomic E-state index is -0.543. The summed E-state index contributed by atoms with van der Waals surface area (Å²) < 4.78 is 4.66. The summed E-state index contributed by atoms with van der Waals surface area (Å²) in [5.41, 5.74) is -0.309. The van der Waals surface area contributed by atoms with Crippen molar-refractivity contribution >= 4 is 35.0 Å². The molecule has 0 amide bonds. The maximum Gasteiger partial charge on any atom is 0.319 e. The standard InChI is InChI=1S/C11H12ClN3O4S/c1-19-8(16)4-11(2-3-11)6-20-9-7(15(17)18)5-13-10(12)14-9/h5H,2-4,6H2,1H3. The van der Waals surface area contributed by atoms with Crippen LogP contribution in [0, 0.1) is 15.5 Å². The van der Waals surface area contributed by atoms with Crippen molar-refractivity contribution in [1.82, 2.24) is 9.97 Å². The summed E-state index contributed by atoms with van der Waals surface area (Å²) in [6.07, 6.45) is 3.23. The van der Waals surface area contributed by atoms with E-state index in [1.165, 1.54) is 18.9 Å². The second-order valence-corrected chi connectivity index (χ2v) is 5.93. The molecule has 0 saturated heterocycles. The first-order valence-electron chi connectivity index (χ1n) is 5.82. The number of hydrogen-bond acceptors (Lipinski definition) is 7. The Labute approximate surface area is 124 Å². The first-order valence-corrected chi connectivity index (χ1v) is 7.19. The van der Waals surface area contributed by atoms with Gasteiger partial charge in [0.05, 0.1) is 18.5 Å². The van der Waals surface area contributed by atoms with E-state index in [4.69, 9.17) is 11.6 Å². The molecule has 0 unspecified atom stereocenters. The van der Waals surface area contributed by atoms with Crippen LogP contribution in [0.4, 0.5) is 5.69 Å². The molecule has 9 heteroatoms. The van der Waals surface area contributed by atoms with Crippen LogP contribution in [0.15, 0.2) is 11.2 Å². The van der Waals surface area contributed by atoms with E-state index in [2.05, 4.69) is 14.7 Å². The lowest BCUT2D eigenvalue weighted by Crippen LogP contribution is -2.13. The number of aromatic nitrogens is 2. The molecule has 1 heterocycles. The summed E-state index contributed by atoms with van der Waals surface area (Å²) in [5, 5.41) is 11.1. The Morgan fingerprint density at radius 1 is 1.65 bits per heavy atom. The van der Waals surface area contributed by atoms with Crippen molar-refractivity contribution in [3.8, 4) is 0 Å². The molecule has 0 aromatic carbocycles. The summed E-state index contributed by atoms with van der Waals surface area (Å²) in [6, 6.07) is 0. The van der Waals surface area contributed by atoms with Gasteiger partial charge in [0.2, 0.25) is 5.28 Å². The Hall–Kier alpha value is -1.41. The van der Waals surface area contributed by atoms with E-state index in [1.807, 2.05) is 0 Å². The van der Waals surface area contributed by atoms with Gasteiger partial charge in [-0.3, -0.25) is 14.9 Å². The SMILES string of the molecule is COC(=O)CC1(CSc2nc(Cl)ncc2[N+](=O)[O-])CC1. The topological polar surface area (TPSA) is 95.2 Å². The first kappa shape index (κ1) is 15.0. The van der Waals surface area contributed by atoms with Crippen LogP contribution >= 0.6 is 23.4 Å². The lowest BCUT2D eigenvalue weighted by molar-refractivity contribution is -0.388. The summed E-state index contributed by atoms with van der Waals surface area (Å²) in [7, 11) is 1.35. The Morgan fingerprint density at radius 3 is 2.90 bits per heavy atom. The third-order valence-electron chi connectivity index (χ3n) is 3.12. The van der Waals surface area contributed by atoms with Crippen LogP contribution in [0.3, 0.4) is 0 Å². The van der Waals surface area contributed by atoms with Gasteiger partial charge in [0.15, 0.2) is 5.03 Å². The second-order valence-electron chi connectivity index (χ2n) is 4.63. The van der Waals surface area contributed by atoms with E-state index < -0.39 is 4.92 Å². The van der Waals surface area contributed by atoms with E-state index in [-0.39, 0.29) is 27.4 Å². The van der Waals surface area contributed by atoms with E-state index >= 15 is 0 Å². The molecule has 0 N–H and O–H groups in total. The lowest BCUT2D eigenvalue weighted by Gasteiger charge is -2.12. The van der Waals surface area contributed by atoms with Gasteiger partial charge >= 0.3 is 11.7 Å². The number of hydrogen-bond donors (Lipinski definition) is 0. The Kier molecular flexibility index (Phi) is 4.44. The van der Waals surface area contributed by atoms with Crippen LogP contribution in [0.5, 0.6) is 0 Å². The average molecular weight is 318 g/mol. The van der Waals surface area contributed by atoms with Crippen molar-refractivity contribution in [3.63, 3.8) is 0 Å². The maximum absolute atomic E-state index is 11.3. The number of nitrogens with zero attached hydrogens (tertiary/aromatic N) is 3. The molecule has 0 radical (unpaired) electrons. The van der Waals surface area contributed by atoms with Crippen LogP contribution in [0.2, 0.25) is 5.28 Å². The van der Waals surface area contributed by atoms with Gasteiger partial charge in [-0.05, 0) is 29.9 Å². The molecule has 0 aliphatic heterocycles. The number of esters is 1. The Bertz CT molecular complexity index is 550. The zero-order chi connectivity index (χ0) is 14.8. The van der Waals surface area contributed by atoms with Gasteiger partial charge in [0.25, 0.3) is 0 Å². The minimum Gasteiger partial charge on any atom is -0.469 e. The molecule has 20 heavy (non-hydrogen) atoms. The molecule has 1 aliphatic rings. The van der Waals surface area contributed by atoms with Gasteiger partial charge in [-0.25, -0.2) is 9.97 Å². The molecule has 7 nitrogen and oxygen atoms in total. The van der Waals surface area contributed by atoms with Crippen LogP contribution < -0.4 is 0 Å². The number of halogens is 1. The zero-order valence-electron chi connectivity index (χ0n) is 10.7. The molecule has 1 aliphatic carbocycles. The smallest absolute Gasteiger partial charge is 0.319 e. The number of carbonyl (C=O) groups is 1. The molecule has 1 fully saturated rings. The maximum atomic E-state index is 11.3. The highest BCUT2D eigenvalue weighted by atomic mass is 35.5. The Morgan fingerprint density at radius 2 is 2.35 bits per heavy atom. The fourth-order valence-electron chi connectivity index (χ4n) is 1.72. The third kappa shape index (κ3) is 3.57. The number of nitro groups is 1. The highest BCUT2D eigenvalue weighted by molar-refractivity contribution is 7.99. The number of ether oxygens (including phenoxy) is 1. The predicted octanol–water partition coefficient (Wildman–Crippen LogP) is 2.47. The minimum absolute atomic E-state index is 0.0316. The molecule has 0 spiro atoms. The van der Waals surface area contributed by atoms with Gasteiger partial charge < -0.3 is 4.74 Å². The molecule has 1 aromatic heterocycles. The summed E-state index contributed by atoms with van der Waals surface area (Å²) in [4.78, 5) is 29.2. The lowest BCUT2D eigenvalue weighted by atomic mass is 10.1. The fraction of sp³-hybridized carbons (Fsp3) is 0.545. The molecule has 108 valence electrons. The van der Waals surface area contributed by atoms with Crippen LogP contribution in [-0.2, 0) is 9.53 Å². The monoisotopic (exact) mass is 317 g/mol. The van der Waals surface area contributed by atoms with Crippen molar-refractivity contribution in [3.05, 3.63) is 21.6 Å². The zero-order valence-corrected chi connectivity index (χ0v) is 12.2. The average Bonchev–Trinajstić information content (AvgIpc) is 3.16. The molecule has 0 atom stereocenters. The molecule has 2 rings (SSSR count). The van der Waals surface area contributed by atoms with Crippen molar-refractivity contribution in [2.24, 2.45) is 5.41 Å². The summed E-state index contributed by atoms with van der Waals surface area (Å²) in [5.74, 6) is 0.300. The molecule has 0 bridgehead atoms. The molecular weight excluding hydrogens is 306 g/mol. The quantitative estimate of drug-likeness (QED) is 0.198. The van der Waals surface area contributed by atoms with Crippen LogP contribution in [0.25, 0.3) is 0 Å². The molecular formula is C11H12ClN3O4S. The van der Waals surface area contributed by atoms with E-state index in [9.17, 15) is 14.9 Å². The van der Waals surface area contributed by atoms with E-state index in [0.29, 0.717) is 12.2 Å². The van der Waals surface area contributed by atoms with Crippen molar-refractivity contribution in [2.45, 2.75) is 24.3 Å². The van der Waals surface area contributed by atoms with Crippen molar-refractivity contribution < 1.29 is 14.5 Å². The van der Waals surface area contributed by atoms with Crippen LogP contribution in [-0.4, -0.2) is 33.7 Å². The Balaban J connectivity index is 2.06. The van der Waals surface area contributed by atoms with Crippen molar-refractivity contribution in [1.29, 1.82) is 0 Å². The first-order chi connectivity index (χ1) is 9.46. The number of thioether (sulfide) groups is 1. The number of methoxy groups -OCH3 is 1.